The van der Waals surface area contributed by atoms with Gasteiger partial charge >= 0.3 is 12.1 Å². The summed E-state index contributed by atoms with van der Waals surface area (Å²) >= 11 is 0. The second-order valence-electron chi connectivity index (χ2n) is 10.9. The molecule has 0 aliphatic heterocycles. The summed E-state index contributed by atoms with van der Waals surface area (Å²) in [5, 5.41) is 6.22. The molecule has 218 valence electrons. The molecule has 2 N–H and O–H groups in total. The Hall–Kier alpha value is -4.92. The third-order valence-electron chi connectivity index (χ3n) is 6.48. The van der Waals surface area contributed by atoms with Crippen molar-refractivity contribution in [3.8, 4) is 0 Å². The van der Waals surface area contributed by atoms with Gasteiger partial charge in [-0.05, 0) is 43.5 Å². The van der Waals surface area contributed by atoms with Crippen LogP contribution < -0.4 is 10.6 Å². The molecule has 0 radical (unpaired) electrons. The lowest BCUT2D eigenvalue weighted by molar-refractivity contribution is -0.149. The van der Waals surface area contributed by atoms with Crippen LogP contribution in [0.4, 0.5) is 4.79 Å². The van der Waals surface area contributed by atoms with Gasteiger partial charge in [0, 0.05) is 24.4 Å². The quantitative estimate of drug-likeness (QED) is 0.202. The van der Waals surface area contributed by atoms with Crippen molar-refractivity contribution < 1.29 is 28.7 Å². The van der Waals surface area contributed by atoms with Gasteiger partial charge in [0.15, 0.2) is 0 Å². The minimum atomic E-state index is -1.12. The van der Waals surface area contributed by atoms with Crippen LogP contribution in [-0.2, 0) is 43.3 Å². The SMILES string of the molecule is CC(C)(C)OC(=O)N[C@H](Cc1cn(C=O)c2ccccc12)C(=O)N[C@@H](Cc1ccccc1)C(=O)OCc1ccccc1. The zero-order chi connectivity index (χ0) is 30.1. The number of carbonyl (C=O) groups is 4. The normalized spacial score (nSPS) is 12.6. The smallest absolute Gasteiger partial charge is 0.408 e. The molecule has 4 aromatic rings. The minimum absolute atomic E-state index is 0.0452. The third kappa shape index (κ3) is 8.30. The molecule has 1 aromatic heterocycles. The number of aromatic nitrogens is 1. The van der Waals surface area contributed by atoms with Crippen LogP contribution in [0.1, 0.15) is 37.5 Å². The topological polar surface area (TPSA) is 116 Å². The van der Waals surface area contributed by atoms with E-state index in [2.05, 4.69) is 10.6 Å². The van der Waals surface area contributed by atoms with Crippen LogP contribution in [-0.4, -0.2) is 46.6 Å². The van der Waals surface area contributed by atoms with Crippen molar-refractivity contribution >= 4 is 35.3 Å². The molecular weight excluding hydrogens is 534 g/mol. The van der Waals surface area contributed by atoms with E-state index in [1.165, 1.54) is 4.57 Å². The predicted octanol–water partition coefficient (Wildman–Crippen LogP) is 4.59. The second-order valence-corrected chi connectivity index (χ2v) is 10.9. The molecule has 4 rings (SSSR count). The molecule has 2 amide bonds. The van der Waals surface area contributed by atoms with E-state index in [1.807, 2.05) is 78.9 Å². The Morgan fingerprint density at radius 1 is 0.810 bits per heavy atom. The zero-order valence-electron chi connectivity index (χ0n) is 23.9. The molecule has 0 aliphatic carbocycles. The number of nitrogens with one attached hydrogen (secondary N) is 2. The van der Waals surface area contributed by atoms with Gasteiger partial charge in [-0.25, -0.2) is 9.59 Å². The van der Waals surface area contributed by atoms with Crippen molar-refractivity contribution in [2.24, 2.45) is 0 Å². The van der Waals surface area contributed by atoms with Crippen LogP contribution in [0, 0.1) is 0 Å². The number of benzene rings is 3. The maximum atomic E-state index is 13.8. The molecule has 9 heteroatoms. The van der Waals surface area contributed by atoms with Crippen LogP contribution in [0.25, 0.3) is 10.9 Å². The van der Waals surface area contributed by atoms with Crippen LogP contribution >= 0.6 is 0 Å². The number of ether oxygens (including phenoxy) is 2. The molecular formula is C33H35N3O6. The fourth-order valence-corrected chi connectivity index (χ4v) is 4.55. The summed E-state index contributed by atoms with van der Waals surface area (Å²) < 4.78 is 12.4. The van der Waals surface area contributed by atoms with E-state index >= 15 is 0 Å². The lowest BCUT2D eigenvalue weighted by Gasteiger charge is -2.25. The van der Waals surface area contributed by atoms with E-state index in [4.69, 9.17) is 9.47 Å². The van der Waals surface area contributed by atoms with Crippen molar-refractivity contribution in [3.05, 3.63) is 108 Å². The summed E-state index contributed by atoms with van der Waals surface area (Å²) in [6.07, 6.45) is 1.76. The number of carbonyl (C=O) groups excluding carboxylic acids is 4. The standard InChI is InChI=1S/C33H35N3O6/c1-33(2,3)42-32(40)35-27(19-25-20-36(22-37)29-17-11-10-16-26(25)29)30(38)34-28(18-23-12-6-4-7-13-23)31(39)41-21-24-14-8-5-9-15-24/h4-17,20,22,27-28H,18-19,21H2,1-3H3,(H,34,38)(H,35,40)/t27-,28+/m1/s1. The zero-order valence-corrected chi connectivity index (χ0v) is 23.9. The average molecular weight is 570 g/mol. The van der Waals surface area contributed by atoms with Crippen LogP contribution in [0.3, 0.4) is 0 Å². The molecule has 0 unspecified atom stereocenters. The molecule has 9 nitrogen and oxygen atoms in total. The summed E-state index contributed by atoms with van der Waals surface area (Å²) in [4.78, 5) is 51.5. The summed E-state index contributed by atoms with van der Waals surface area (Å²) in [7, 11) is 0. The molecule has 1 heterocycles. The molecule has 42 heavy (non-hydrogen) atoms. The van der Waals surface area contributed by atoms with E-state index < -0.39 is 35.7 Å². The van der Waals surface area contributed by atoms with Gasteiger partial charge < -0.3 is 20.1 Å². The minimum Gasteiger partial charge on any atom is -0.459 e. The molecule has 0 saturated heterocycles. The van der Waals surface area contributed by atoms with E-state index in [9.17, 15) is 19.2 Å². The van der Waals surface area contributed by atoms with Crippen molar-refractivity contribution in [2.45, 2.75) is 57.9 Å². The predicted molar refractivity (Wildman–Crippen MR) is 159 cm³/mol. The van der Waals surface area contributed by atoms with Crippen LogP contribution in [0.15, 0.2) is 91.1 Å². The molecule has 2 atom stereocenters. The number of hydrogen-bond acceptors (Lipinski definition) is 6. The fraction of sp³-hybridized carbons (Fsp3) is 0.273. The first-order valence-electron chi connectivity index (χ1n) is 13.7. The first-order chi connectivity index (χ1) is 20.1. The van der Waals surface area contributed by atoms with Gasteiger partial charge in [-0.3, -0.25) is 14.2 Å². The molecule has 0 fully saturated rings. The molecule has 0 aliphatic rings. The first-order valence-corrected chi connectivity index (χ1v) is 13.7. The van der Waals surface area contributed by atoms with Crippen LogP contribution in [0.2, 0.25) is 0 Å². The molecule has 0 spiro atoms. The van der Waals surface area contributed by atoms with E-state index in [-0.39, 0.29) is 19.4 Å². The van der Waals surface area contributed by atoms with Crippen molar-refractivity contribution in [3.63, 3.8) is 0 Å². The maximum Gasteiger partial charge on any atom is 0.408 e. The highest BCUT2D eigenvalue weighted by Gasteiger charge is 2.30. The summed E-state index contributed by atoms with van der Waals surface area (Å²) in [5.41, 5.74) is 2.18. The Kier molecular flexibility index (Phi) is 9.75. The fourth-order valence-electron chi connectivity index (χ4n) is 4.55. The second kappa shape index (κ2) is 13.6. The van der Waals surface area contributed by atoms with Crippen molar-refractivity contribution in [1.82, 2.24) is 15.2 Å². The Bertz CT molecular complexity index is 1530. The summed E-state index contributed by atoms with van der Waals surface area (Å²) in [6, 6.07) is 23.6. The number of amides is 2. The summed E-state index contributed by atoms with van der Waals surface area (Å²) in [5.74, 6) is -1.20. The Labute approximate surface area is 244 Å². The number of hydrogen-bond donors (Lipinski definition) is 2. The highest BCUT2D eigenvalue weighted by Crippen LogP contribution is 2.22. The number of alkyl carbamates (subject to hydrolysis) is 1. The lowest BCUT2D eigenvalue weighted by atomic mass is 10.0. The number of nitrogens with zero attached hydrogens (tertiary/aromatic N) is 1. The van der Waals surface area contributed by atoms with Gasteiger partial charge in [-0.15, -0.1) is 0 Å². The monoisotopic (exact) mass is 569 g/mol. The van der Waals surface area contributed by atoms with Gasteiger partial charge in [0.1, 0.15) is 24.3 Å². The van der Waals surface area contributed by atoms with Crippen LogP contribution in [0.5, 0.6) is 0 Å². The highest BCUT2D eigenvalue weighted by atomic mass is 16.6. The Balaban J connectivity index is 1.59. The Morgan fingerprint density at radius 2 is 1.43 bits per heavy atom. The average Bonchev–Trinajstić information content (AvgIpc) is 3.32. The molecule has 0 saturated carbocycles. The van der Waals surface area contributed by atoms with Crippen molar-refractivity contribution in [1.29, 1.82) is 0 Å². The van der Waals surface area contributed by atoms with Gasteiger partial charge in [0.25, 0.3) is 0 Å². The number of rotatable bonds is 11. The van der Waals surface area contributed by atoms with Gasteiger partial charge in [0.2, 0.25) is 12.3 Å². The number of esters is 1. The molecule has 3 aromatic carbocycles. The maximum absolute atomic E-state index is 13.8. The Morgan fingerprint density at radius 3 is 2.07 bits per heavy atom. The van der Waals surface area contributed by atoms with Crippen molar-refractivity contribution in [2.75, 3.05) is 0 Å². The number of para-hydroxylation sites is 1. The third-order valence-corrected chi connectivity index (χ3v) is 6.48. The van der Waals surface area contributed by atoms with Gasteiger partial charge in [0.05, 0.1) is 5.52 Å². The van der Waals surface area contributed by atoms with E-state index in [0.29, 0.717) is 17.5 Å². The van der Waals surface area contributed by atoms with Gasteiger partial charge in [-0.1, -0.05) is 78.9 Å². The van der Waals surface area contributed by atoms with E-state index in [0.717, 1.165) is 16.5 Å². The first kappa shape index (κ1) is 30.0. The molecule has 0 bridgehead atoms. The largest absolute Gasteiger partial charge is 0.459 e. The number of fused-ring (bicyclic) bond motifs is 1. The summed E-state index contributed by atoms with van der Waals surface area (Å²) in [6.45, 7) is 5.21. The lowest BCUT2D eigenvalue weighted by Crippen LogP contribution is -2.54. The van der Waals surface area contributed by atoms with Gasteiger partial charge in [-0.2, -0.15) is 0 Å². The highest BCUT2D eigenvalue weighted by molar-refractivity contribution is 5.92. The van der Waals surface area contributed by atoms with E-state index in [1.54, 1.807) is 33.0 Å².